The van der Waals surface area contributed by atoms with Gasteiger partial charge in [-0.25, -0.2) is 4.79 Å². The molecule has 2 saturated heterocycles. The molecule has 12 nitrogen and oxygen atoms in total. The fourth-order valence-electron chi connectivity index (χ4n) is 4.63. The highest BCUT2D eigenvalue weighted by atomic mass is 16.7. The third-order valence-corrected chi connectivity index (χ3v) is 6.71. The monoisotopic (exact) mass is 507 g/mol. The SMILES string of the molecule is CN1C(=O)C(=Cc2ccc(N3CCN(Cc4ccc5c(c4)OCO5)CC3)c([N+](=O)[O-])c2)C(=O)N(C)C1=O. The minimum absolute atomic E-state index is 0.118. The summed E-state index contributed by atoms with van der Waals surface area (Å²) in [6.45, 7) is 3.58. The molecule has 0 atom stereocenters. The molecule has 4 amide bonds. The minimum Gasteiger partial charge on any atom is -0.454 e. The number of hydrogen-bond acceptors (Lipinski definition) is 9. The number of amides is 4. The molecule has 0 bridgehead atoms. The van der Waals surface area contributed by atoms with E-state index in [-0.39, 0.29) is 18.1 Å². The van der Waals surface area contributed by atoms with Crippen LogP contribution in [0.3, 0.4) is 0 Å². The van der Waals surface area contributed by atoms with Crippen LogP contribution in [0.25, 0.3) is 6.08 Å². The average Bonchev–Trinajstić information content (AvgIpc) is 3.37. The molecule has 0 saturated carbocycles. The first-order valence-electron chi connectivity index (χ1n) is 11.7. The summed E-state index contributed by atoms with van der Waals surface area (Å²) in [4.78, 5) is 54.2. The summed E-state index contributed by atoms with van der Waals surface area (Å²) in [7, 11) is 2.55. The van der Waals surface area contributed by atoms with Gasteiger partial charge in [-0.3, -0.25) is 34.4 Å². The molecule has 12 heteroatoms. The number of urea groups is 1. The van der Waals surface area contributed by atoms with Gasteiger partial charge in [0.15, 0.2) is 11.5 Å². The number of nitrogens with zero attached hydrogens (tertiary/aromatic N) is 5. The van der Waals surface area contributed by atoms with Gasteiger partial charge in [0, 0.05) is 52.9 Å². The van der Waals surface area contributed by atoms with Gasteiger partial charge in [-0.05, 0) is 35.4 Å². The van der Waals surface area contributed by atoms with E-state index in [2.05, 4.69) is 4.90 Å². The van der Waals surface area contributed by atoms with E-state index in [1.54, 1.807) is 12.1 Å². The number of nitro benzene ring substituents is 1. The van der Waals surface area contributed by atoms with Gasteiger partial charge in [0.1, 0.15) is 11.3 Å². The largest absolute Gasteiger partial charge is 0.454 e. The summed E-state index contributed by atoms with van der Waals surface area (Å²) >= 11 is 0. The summed E-state index contributed by atoms with van der Waals surface area (Å²) in [5, 5.41) is 11.9. The van der Waals surface area contributed by atoms with Crippen molar-refractivity contribution in [2.75, 3.05) is 52.0 Å². The second-order valence-electron chi connectivity index (χ2n) is 9.02. The van der Waals surface area contributed by atoms with Gasteiger partial charge in [0.25, 0.3) is 17.5 Å². The Morgan fingerprint density at radius 2 is 1.59 bits per heavy atom. The van der Waals surface area contributed by atoms with E-state index in [9.17, 15) is 24.5 Å². The predicted molar refractivity (Wildman–Crippen MR) is 132 cm³/mol. The van der Waals surface area contributed by atoms with Crippen molar-refractivity contribution in [2.45, 2.75) is 6.54 Å². The molecule has 2 aromatic carbocycles. The Labute approximate surface area is 212 Å². The maximum Gasteiger partial charge on any atom is 0.333 e. The number of piperazine rings is 1. The van der Waals surface area contributed by atoms with Crippen molar-refractivity contribution in [1.82, 2.24) is 14.7 Å². The third-order valence-electron chi connectivity index (χ3n) is 6.71. The lowest BCUT2D eigenvalue weighted by Crippen LogP contribution is -2.52. The Bertz CT molecular complexity index is 1310. The summed E-state index contributed by atoms with van der Waals surface area (Å²) < 4.78 is 10.8. The molecule has 2 fully saturated rings. The lowest BCUT2D eigenvalue weighted by molar-refractivity contribution is -0.384. The van der Waals surface area contributed by atoms with E-state index in [0.29, 0.717) is 37.4 Å². The van der Waals surface area contributed by atoms with Crippen LogP contribution in [0.15, 0.2) is 42.0 Å². The van der Waals surface area contributed by atoms with Crippen LogP contribution in [0, 0.1) is 10.1 Å². The topological polar surface area (TPSA) is 126 Å². The quantitative estimate of drug-likeness (QED) is 0.259. The van der Waals surface area contributed by atoms with Crippen molar-refractivity contribution in [2.24, 2.45) is 0 Å². The van der Waals surface area contributed by atoms with E-state index in [4.69, 9.17) is 9.47 Å². The number of likely N-dealkylation sites (N-methyl/N-ethyl adjacent to an activating group) is 2. The first-order chi connectivity index (χ1) is 17.7. The van der Waals surface area contributed by atoms with Gasteiger partial charge in [-0.1, -0.05) is 12.1 Å². The number of nitro groups is 1. The second kappa shape index (κ2) is 9.54. The minimum atomic E-state index is -0.751. The van der Waals surface area contributed by atoms with E-state index in [1.165, 1.54) is 26.2 Å². The van der Waals surface area contributed by atoms with Crippen LogP contribution in [0.2, 0.25) is 0 Å². The van der Waals surface area contributed by atoms with Crippen LogP contribution in [0.5, 0.6) is 11.5 Å². The lowest BCUT2D eigenvalue weighted by atomic mass is 10.1. The number of benzene rings is 2. The first-order valence-corrected chi connectivity index (χ1v) is 11.7. The average molecular weight is 508 g/mol. The molecular formula is C25H25N5O7. The summed E-state index contributed by atoms with van der Waals surface area (Å²) in [6, 6.07) is 9.76. The molecule has 0 radical (unpaired) electrons. The molecule has 2 aromatic rings. The number of barbiturate groups is 1. The molecular weight excluding hydrogens is 482 g/mol. The molecule has 0 aliphatic carbocycles. The smallest absolute Gasteiger partial charge is 0.333 e. The van der Waals surface area contributed by atoms with Crippen molar-refractivity contribution in [3.05, 3.63) is 63.2 Å². The number of carbonyl (C=O) groups is 3. The second-order valence-corrected chi connectivity index (χ2v) is 9.02. The standard InChI is InChI=1S/C25H25N5O7/c1-26-23(31)18(24(32)27(2)25(26)33)11-16-3-5-19(20(12-16)30(34)35)29-9-7-28(8-10-29)14-17-4-6-21-22(13-17)37-15-36-21/h3-6,11-13H,7-10,14-15H2,1-2H3. The van der Waals surface area contributed by atoms with Crippen molar-refractivity contribution in [1.29, 1.82) is 0 Å². The highest BCUT2D eigenvalue weighted by molar-refractivity contribution is 6.30. The maximum absolute atomic E-state index is 12.5. The van der Waals surface area contributed by atoms with Gasteiger partial charge >= 0.3 is 6.03 Å². The molecule has 0 unspecified atom stereocenters. The van der Waals surface area contributed by atoms with E-state index in [1.807, 2.05) is 23.1 Å². The number of carbonyl (C=O) groups excluding carboxylic acids is 3. The summed E-state index contributed by atoms with van der Waals surface area (Å²) in [5.74, 6) is -0.0233. The molecule has 37 heavy (non-hydrogen) atoms. The zero-order valence-electron chi connectivity index (χ0n) is 20.4. The number of fused-ring (bicyclic) bond motifs is 1. The van der Waals surface area contributed by atoms with Crippen LogP contribution in [0.4, 0.5) is 16.2 Å². The van der Waals surface area contributed by atoms with Crippen LogP contribution < -0.4 is 14.4 Å². The Balaban J connectivity index is 1.30. The van der Waals surface area contributed by atoms with E-state index >= 15 is 0 Å². The highest BCUT2D eigenvalue weighted by Crippen LogP contribution is 2.34. The maximum atomic E-state index is 12.5. The van der Waals surface area contributed by atoms with Crippen LogP contribution >= 0.6 is 0 Å². The predicted octanol–water partition coefficient (Wildman–Crippen LogP) is 2.08. The number of hydrogen-bond donors (Lipinski definition) is 0. The molecule has 3 aliphatic heterocycles. The Hall–Kier alpha value is -4.45. The molecule has 0 spiro atoms. The van der Waals surface area contributed by atoms with Crippen molar-refractivity contribution < 1.29 is 28.8 Å². The van der Waals surface area contributed by atoms with Crippen molar-refractivity contribution in [3.63, 3.8) is 0 Å². The fraction of sp³-hybridized carbons (Fsp3) is 0.320. The van der Waals surface area contributed by atoms with Gasteiger partial charge in [0.05, 0.1) is 4.92 Å². The number of imide groups is 2. The highest BCUT2D eigenvalue weighted by Gasteiger charge is 2.38. The Kier molecular flexibility index (Phi) is 6.25. The Morgan fingerprint density at radius 3 is 2.27 bits per heavy atom. The number of rotatable bonds is 5. The molecule has 192 valence electrons. The zero-order valence-corrected chi connectivity index (χ0v) is 20.4. The molecule has 5 rings (SSSR count). The fourth-order valence-corrected chi connectivity index (χ4v) is 4.63. The van der Waals surface area contributed by atoms with Crippen LogP contribution in [0.1, 0.15) is 11.1 Å². The molecule has 3 aliphatic rings. The molecule has 0 N–H and O–H groups in total. The van der Waals surface area contributed by atoms with Crippen LogP contribution in [-0.4, -0.2) is 84.5 Å². The third kappa shape index (κ3) is 4.58. The summed E-state index contributed by atoms with van der Waals surface area (Å²) in [6.07, 6.45) is 1.28. The normalized spacial score (nSPS) is 18.1. The van der Waals surface area contributed by atoms with Gasteiger partial charge in [0.2, 0.25) is 6.79 Å². The zero-order chi connectivity index (χ0) is 26.3. The van der Waals surface area contributed by atoms with Crippen LogP contribution in [-0.2, 0) is 16.1 Å². The van der Waals surface area contributed by atoms with Gasteiger partial charge in [-0.2, -0.15) is 0 Å². The van der Waals surface area contributed by atoms with E-state index in [0.717, 1.165) is 33.4 Å². The lowest BCUT2D eigenvalue weighted by Gasteiger charge is -2.35. The number of ether oxygens (including phenoxy) is 2. The summed E-state index contributed by atoms with van der Waals surface area (Å²) in [5.41, 5.74) is 1.55. The van der Waals surface area contributed by atoms with E-state index < -0.39 is 22.8 Å². The van der Waals surface area contributed by atoms with Crippen molar-refractivity contribution in [3.8, 4) is 11.5 Å². The van der Waals surface area contributed by atoms with Crippen molar-refractivity contribution >= 4 is 35.3 Å². The Morgan fingerprint density at radius 1 is 0.919 bits per heavy atom. The first kappa shape index (κ1) is 24.3. The molecule has 3 heterocycles. The number of anilines is 1. The van der Waals surface area contributed by atoms with Gasteiger partial charge < -0.3 is 14.4 Å². The molecule has 0 aromatic heterocycles. The van der Waals surface area contributed by atoms with Gasteiger partial charge in [-0.15, -0.1) is 0 Å².